The van der Waals surface area contributed by atoms with E-state index >= 15 is 0 Å². The monoisotopic (exact) mass is 578 g/mol. The maximum absolute atomic E-state index is 13.1. The van der Waals surface area contributed by atoms with Crippen molar-refractivity contribution in [2.24, 2.45) is 0 Å². The van der Waals surface area contributed by atoms with E-state index in [2.05, 4.69) is 0 Å². The first-order valence-electron chi connectivity index (χ1n) is 12.4. The number of aromatic carboxylic acids is 1. The van der Waals surface area contributed by atoms with Gasteiger partial charge in [0.2, 0.25) is 6.29 Å². The summed E-state index contributed by atoms with van der Waals surface area (Å²) in [5, 5.41) is 81.4. The summed E-state index contributed by atoms with van der Waals surface area (Å²) in [5.41, 5.74) is -1.89. The zero-order valence-electron chi connectivity index (χ0n) is 20.9. The van der Waals surface area contributed by atoms with E-state index in [0.29, 0.717) is 0 Å². The second kappa shape index (κ2) is 11.1. The lowest BCUT2D eigenvalue weighted by atomic mass is 9.82. The number of aliphatic hydroxyl groups is 6. The Morgan fingerprint density at radius 2 is 1.49 bits per heavy atom. The molecule has 9 atom stereocenters. The number of phenols is 1. The van der Waals surface area contributed by atoms with Gasteiger partial charge in [-0.25, -0.2) is 4.79 Å². The molecule has 1 aliphatic carbocycles. The number of carbonyl (C=O) groups is 3. The zero-order chi connectivity index (χ0) is 29.7. The lowest BCUT2D eigenvalue weighted by molar-refractivity contribution is -0.307. The molecule has 0 bridgehead atoms. The summed E-state index contributed by atoms with van der Waals surface area (Å²) in [4.78, 5) is 38.3. The number of fused-ring (bicyclic) bond motifs is 2. The minimum absolute atomic E-state index is 0.00731. The molecule has 2 heterocycles. The molecule has 0 aromatic heterocycles. The number of carboxylic acids is 1. The van der Waals surface area contributed by atoms with Gasteiger partial charge in [0.25, 0.3) is 0 Å². The van der Waals surface area contributed by atoms with E-state index in [1.165, 1.54) is 24.3 Å². The molecule has 0 saturated carbocycles. The summed E-state index contributed by atoms with van der Waals surface area (Å²) in [6.07, 6.45) is -15.2. The van der Waals surface area contributed by atoms with E-state index in [9.17, 15) is 55.2 Å². The molecule has 15 nitrogen and oxygen atoms in total. The normalized spacial score (nSPS) is 33.2. The van der Waals surface area contributed by atoms with Crippen LogP contribution in [0.15, 0.2) is 30.3 Å². The number of ether oxygens (including phenoxy) is 4. The van der Waals surface area contributed by atoms with Gasteiger partial charge in [0.1, 0.15) is 59.8 Å². The SMILES string of the molecule is O=C1c2ccccc2C(=O)c2c1cc(O[C@@H]1O[C@H](CO[C@H]3OC[C@H](O)[C@H](O)[C@@H]3O)[C@H](O)[C@H](O)[C@H]1O)c(C(=O)O)c2O. The molecule has 220 valence electrons. The predicted molar refractivity (Wildman–Crippen MR) is 129 cm³/mol. The summed E-state index contributed by atoms with van der Waals surface area (Å²) in [7, 11) is 0. The molecule has 0 amide bonds. The van der Waals surface area contributed by atoms with Crippen molar-refractivity contribution in [3.05, 3.63) is 58.1 Å². The van der Waals surface area contributed by atoms with E-state index in [-0.39, 0.29) is 23.3 Å². The second-order valence-corrected chi connectivity index (χ2v) is 9.75. The number of benzene rings is 2. The molecule has 0 spiro atoms. The van der Waals surface area contributed by atoms with Crippen LogP contribution in [0.5, 0.6) is 11.5 Å². The molecule has 0 radical (unpaired) electrons. The molecule has 2 aromatic carbocycles. The average Bonchev–Trinajstić information content (AvgIpc) is 2.94. The summed E-state index contributed by atoms with van der Waals surface area (Å²) in [5.74, 6) is -5.01. The van der Waals surface area contributed by atoms with E-state index in [0.717, 1.165) is 6.07 Å². The topological polar surface area (TPSA) is 250 Å². The number of ketones is 2. The minimum atomic E-state index is -1.98. The molecule has 2 saturated heterocycles. The van der Waals surface area contributed by atoms with Crippen molar-refractivity contribution in [1.29, 1.82) is 0 Å². The highest BCUT2D eigenvalue weighted by atomic mass is 16.7. The number of hydrogen-bond acceptors (Lipinski definition) is 14. The van der Waals surface area contributed by atoms with Crippen LogP contribution < -0.4 is 4.74 Å². The molecule has 8 N–H and O–H groups in total. The largest absolute Gasteiger partial charge is 0.506 e. The standard InChI is InChI=1S/C26H26O15/c27-11-6-38-25(22(34)18(11)30)39-7-13-19(31)21(33)23(35)26(41-13)40-12-5-10-14(20(32)15(12)24(36)37)17(29)9-4-2-1-3-8(9)16(10)28/h1-5,11,13,18-19,21-23,25-27,30-35H,6-7H2,(H,36,37)/t11-,13+,18-,19-,21-,22-,23+,25+,26+/m0/s1. The Hall–Kier alpha value is -3.51. The van der Waals surface area contributed by atoms with Gasteiger partial charge in [-0.1, -0.05) is 24.3 Å². The number of aliphatic hydroxyl groups excluding tert-OH is 6. The third-order valence-electron chi connectivity index (χ3n) is 7.16. The smallest absolute Gasteiger partial charge is 0.343 e. The molecule has 15 heteroatoms. The van der Waals surface area contributed by atoms with Gasteiger partial charge in [0.05, 0.1) is 18.8 Å². The maximum atomic E-state index is 13.1. The first kappa shape index (κ1) is 29.0. The molecular formula is C26H26O15. The molecule has 2 aromatic rings. The molecule has 5 rings (SSSR count). The summed E-state index contributed by atoms with van der Waals surface area (Å²) in [6, 6.07) is 6.63. The van der Waals surface area contributed by atoms with E-state index in [1.54, 1.807) is 0 Å². The number of rotatable bonds is 6. The van der Waals surface area contributed by atoms with Gasteiger partial charge < -0.3 is 59.8 Å². The fraction of sp³-hybridized carbons (Fsp3) is 0.423. The lowest BCUT2D eigenvalue weighted by Crippen LogP contribution is -2.61. The van der Waals surface area contributed by atoms with Crippen LogP contribution in [0.4, 0.5) is 0 Å². The molecule has 41 heavy (non-hydrogen) atoms. The molecule has 0 unspecified atom stereocenters. The van der Waals surface area contributed by atoms with Crippen LogP contribution in [0.1, 0.15) is 42.2 Å². The third kappa shape index (κ3) is 4.97. The van der Waals surface area contributed by atoms with Gasteiger partial charge in [0, 0.05) is 16.7 Å². The summed E-state index contributed by atoms with van der Waals surface area (Å²) < 4.78 is 21.4. The van der Waals surface area contributed by atoms with Crippen molar-refractivity contribution in [2.75, 3.05) is 13.2 Å². The van der Waals surface area contributed by atoms with E-state index in [4.69, 9.17) is 18.9 Å². The van der Waals surface area contributed by atoms with Gasteiger partial charge in [-0.3, -0.25) is 9.59 Å². The van der Waals surface area contributed by atoms with Crippen LogP contribution in [0.2, 0.25) is 0 Å². The fourth-order valence-electron chi connectivity index (χ4n) is 4.90. The highest BCUT2D eigenvalue weighted by Gasteiger charge is 2.47. The zero-order valence-corrected chi connectivity index (χ0v) is 20.9. The molecule has 2 fully saturated rings. The van der Waals surface area contributed by atoms with Crippen molar-refractivity contribution in [3.8, 4) is 11.5 Å². The minimum Gasteiger partial charge on any atom is -0.506 e. The van der Waals surface area contributed by atoms with Gasteiger partial charge in [-0.05, 0) is 6.07 Å². The van der Waals surface area contributed by atoms with Gasteiger partial charge in [0.15, 0.2) is 17.9 Å². The van der Waals surface area contributed by atoms with E-state index in [1.807, 2.05) is 0 Å². The van der Waals surface area contributed by atoms with Crippen molar-refractivity contribution in [2.45, 2.75) is 55.3 Å². The highest BCUT2D eigenvalue weighted by molar-refractivity contribution is 6.30. The van der Waals surface area contributed by atoms with Crippen molar-refractivity contribution in [1.82, 2.24) is 0 Å². The average molecular weight is 578 g/mol. The molecular weight excluding hydrogens is 552 g/mol. The maximum Gasteiger partial charge on any atom is 0.343 e. The number of hydrogen-bond donors (Lipinski definition) is 8. The van der Waals surface area contributed by atoms with Crippen LogP contribution in [0, 0.1) is 0 Å². The Kier molecular flexibility index (Phi) is 7.82. The van der Waals surface area contributed by atoms with Crippen LogP contribution in [-0.4, -0.2) is 127 Å². The van der Waals surface area contributed by atoms with Crippen molar-refractivity contribution >= 4 is 17.5 Å². The second-order valence-electron chi connectivity index (χ2n) is 9.75. The van der Waals surface area contributed by atoms with Crippen LogP contribution in [0.3, 0.4) is 0 Å². The summed E-state index contributed by atoms with van der Waals surface area (Å²) >= 11 is 0. The first-order chi connectivity index (χ1) is 19.4. The van der Waals surface area contributed by atoms with Gasteiger partial charge in [-0.15, -0.1) is 0 Å². The van der Waals surface area contributed by atoms with E-state index < -0.39 is 102 Å². The van der Waals surface area contributed by atoms with Crippen LogP contribution >= 0.6 is 0 Å². The fourth-order valence-corrected chi connectivity index (χ4v) is 4.90. The number of carboxylic acid groups (broad SMARTS) is 1. The Morgan fingerprint density at radius 1 is 0.854 bits per heavy atom. The number of carbonyl (C=O) groups excluding carboxylic acids is 2. The van der Waals surface area contributed by atoms with Gasteiger partial charge >= 0.3 is 5.97 Å². The molecule has 3 aliphatic rings. The van der Waals surface area contributed by atoms with Crippen LogP contribution in [-0.2, 0) is 14.2 Å². The van der Waals surface area contributed by atoms with Crippen LogP contribution in [0.25, 0.3) is 0 Å². The van der Waals surface area contributed by atoms with Gasteiger partial charge in [-0.2, -0.15) is 0 Å². The summed E-state index contributed by atoms with van der Waals surface area (Å²) in [6.45, 7) is -0.990. The van der Waals surface area contributed by atoms with Crippen molar-refractivity contribution in [3.63, 3.8) is 0 Å². The number of aromatic hydroxyl groups is 1. The Balaban J connectivity index is 1.42. The van der Waals surface area contributed by atoms with Crippen molar-refractivity contribution < 1.29 is 74.2 Å². The Labute approximate surface area is 230 Å². The highest BCUT2D eigenvalue weighted by Crippen LogP contribution is 2.41. The lowest BCUT2D eigenvalue weighted by Gasteiger charge is -2.41. The third-order valence-corrected chi connectivity index (χ3v) is 7.16. The first-order valence-corrected chi connectivity index (χ1v) is 12.4. The Morgan fingerprint density at radius 3 is 2.15 bits per heavy atom. The Bertz CT molecular complexity index is 1370. The predicted octanol–water partition coefficient (Wildman–Crippen LogP) is -2.49. The molecule has 2 aliphatic heterocycles. The quantitative estimate of drug-likeness (QED) is 0.151.